The third-order valence-corrected chi connectivity index (χ3v) is 4.81. The summed E-state index contributed by atoms with van der Waals surface area (Å²) in [5, 5.41) is 2.82. The molecule has 6 nitrogen and oxygen atoms in total. The molecular formula is C25H35N3O3. The first-order chi connectivity index (χ1) is 14.4. The number of hydrogen-bond donors (Lipinski definition) is 2. The van der Waals surface area contributed by atoms with E-state index in [0.717, 1.165) is 45.6 Å². The average Bonchev–Trinajstić information content (AvgIpc) is 2.61. The summed E-state index contributed by atoms with van der Waals surface area (Å²) in [4.78, 5) is 29.0. The lowest BCUT2D eigenvalue weighted by molar-refractivity contribution is -0.117. The fourth-order valence-electron chi connectivity index (χ4n) is 3.49. The molecular weight excluding hydrogens is 390 g/mol. The first kappa shape index (κ1) is 24.4. The van der Waals surface area contributed by atoms with Gasteiger partial charge in [0.15, 0.2) is 0 Å². The van der Waals surface area contributed by atoms with Crippen molar-refractivity contribution in [3.8, 4) is 11.1 Å². The van der Waals surface area contributed by atoms with Gasteiger partial charge < -0.3 is 15.8 Å². The fraction of sp³-hybridized carbons (Fsp3) is 0.480. The lowest BCUT2D eigenvalue weighted by Gasteiger charge is -2.23. The van der Waals surface area contributed by atoms with E-state index in [9.17, 15) is 9.59 Å². The van der Waals surface area contributed by atoms with Crippen LogP contribution >= 0.6 is 0 Å². The Labute approximate surface area is 185 Å². The van der Waals surface area contributed by atoms with Crippen molar-refractivity contribution in [3.63, 3.8) is 0 Å². The van der Waals surface area contributed by atoms with Crippen molar-refractivity contribution >= 4 is 12.0 Å². The maximum absolute atomic E-state index is 12.4. The van der Waals surface area contributed by atoms with Crippen molar-refractivity contribution < 1.29 is 14.3 Å². The van der Waals surface area contributed by atoms with E-state index >= 15 is 0 Å². The molecule has 0 radical (unpaired) electrons. The molecule has 0 spiro atoms. The van der Waals surface area contributed by atoms with E-state index in [-0.39, 0.29) is 13.0 Å². The highest BCUT2D eigenvalue weighted by molar-refractivity contribution is 5.82. The van der Waals surface area contributed by atoms with E-state index in [0.29, 0.717) is 5.92 Å². The minimum atomic E-state index is -0.491. The number of benzene rings is 1. The number of alkyl carbamates (subject to hydrolysis) is 1. The van der Waals surface area contributed by atoms with Crippen LogP contribution < -0.4 is 11.1 Å². The summed E-state index contributed by atoms with van der Waals surface area (Å²) in [5.41, 5.74) is 11.4. The average molecular weight is 426 g/mol. The van der Waals surface area contributed by atoms with E-state index in [4.69, 9.17) is 15.5 Å². The normalized spacial score (nSPS) is 11.5. The minimum Gasteiger partial charge on any atom is -0.445 e. The molecule has 31 heavy (non-hydrogen) atoms. The number of amides is 2. The minimum absolute atomic E-state index is 0.0617. The van der Waals surface area contributed by atoms with Crippen molar-refractivity contribution in [2.45, 2.75) is 73.5 Å². The number of nitrogens with one attached hydrogen (secondary N) is 1. The van der Waals surface area contributed by atoms with Gasteiger partial charge in [-0.1, -0.05) is 43.7 Å². The van der Waals surface area contributed by atoms with E-state index in [1.54, 1.807) is 0 Å². The van der Waals surface area contributed by atoms with Gasteiger partial charge in [-0.3, -0.25) is 9.78 Å². The second-order valence-electron chi connectivity index (χ2n) is 9.53. The van der Waals surface area contributed by atoms with Gasteiger partial charge in [0.2, 0.25) is 5.91 Å². The summed E-state index contributed by atoms with van der Waals surface area (Å²) < 4.78 is 5.61. The van der Waals surface area contributed by atoms with Crippen molar-refractivity contribution in [2.24, 2.45) is 11.7 Å². The van der Waals surface area contributed by atoms with Gasteiger partial charge in [-0.2, -0.15) is 0 Å². The Morgan fingerprint density at radius 2 is 1.71 bits per heavy atom. The molecule has 2 aromatic rings. The van der Waals surface area contributed by atoms with Crippen LogP contribution in [-0.4, -0.2) is 22.5 Å². The van der Waals surface area contributed by atoms with Crippen LogP contribution in [0.4, 0.5) is 4.79 Å². The zero-order valence-corrected chi connectivity index (χ0v) is 19.8. The first-order valence-corrected chi connectivity index (χ1v) is 10.7. The van der Waals surface area contributed by atoms with E-state index < -0.39 is 17.5 Å². The van der Waals surface area contributed by atoms with Crippen molar-refractivity contribution in [2.75, 3.05) is 0 Å². The Bertz CT molecular complexity index is 942. The maximum Gasteiger partial charge on any atom is 0.407 e. The molecule has 2 rings (SSSR count). The number of hydrogen-bond acceptors (Lipinski definition) is 4. The van der Waals surface area contributed by atoms with E-state index in [1.165, 1.54) is 0 Å². The fourth-order valence-corrected chi connectivity index (χ4v) is 3.49. The smallest absolute Gasteiger partial charge is 0.407 e. The Morgan fingerprint density at radius 1 is 1.10 bits per heavy atom. The van der Waals surface area contributed by atoms with Crippen LogP contribution in [0.25, 0.3) is 11.1 Å². The standard InChI is InChI=1S/C25H35N3O3/c1-15(2)12-21-20(14-31-24(30)28-25(5,6)7)23(18-10-8-16(3)9-11-18)19(13-22(26)29)17(4)27-21/h8-11,15H,12-14H2,1-7H3,(H2,26,29)(H,28,30). The lowest BCUT2D eigenvalue weighted by atomic mass is 9.89. The molecule has 0 atom stereocenters. The van der Waals surface area contributed by atoms with Gasteiger partial charge in [0.05, 0.1) is 6.42 Å². The molecule has 2 amide bonds. The van der Waals surface area contributed by atoms with Gasteiger partial charge in [0.1, 0.15) is 6.61 Å². The Kier molecular flexibility index (Phi) is 7.82. The SMILES string of the molecule is Cc1ccc(-c2c(CC(N)=O)c(C)nc(CC(C)C)c2COC(=O)NC(C)(C)C)cc1. The summed E-state index contributed by atoms with van der Waals surface area (Å²) in [6.07, 6.45) is 0.316. The molecule has 0 bridgehead atoms. The number of aromatic nitrogens is 1. The molecule has 6 heteroatoms. The second kappa shape index (κ2) is 9.94. The van der Waals surface area contributed by atoms with Crippen molar-refractivity contribution in [3.05, 3.63) is 52.3 Å². The number of pyridine rings is 1. The van der Waals surface area contributed by atoms with Crippen molar-refractivity contribution in [1.82, 2.24) is 10.3 Å². The summed E-state index contributed by atoms with van der Waals surface area (Å²) in [6.45, 7) is 13.9. The predicted molar refractivity (Wildman–Crippen MR) is 124 cm³/mol. The zero-order valence-electron chi connectivity index (χ0n) is 19.8. The van der Waals surface area contributed by atoms with Gasteiger partial charge in [0.25, 0.3) is 0 Å². The van der Waals surface area contributed by atoms with E-state index in [2.05, 4.69) is 19.2 Å². The molecule has 168 valence electrons. The van der Waals surface area contributed by atoms with Crippen LogP contribution in [0.2, 0.25) is 0 Å². The number of carbonyl (C=O) groups excluding carboxylic acids is 2. The third kappa shape index (κ3) is 7.09. The van der Waals surface area contributed by atoms with Gasteiger partial charge >= 0.3 is 6.09 Å². The lowest BCUT2D eigenvalue weighted by Crippen LogP contribution is -2.40. The van der Waals surface area contributed by atoms with Crippen molar-refractivity contribution in [1.29, 1.82) is 0 Å². The van der Waals surface area contributed by atoms with Crippen LogP contribution in [0.3, 0.4) is 0 Å². The molecule has 0 saturated carbocycles. The molecule has 0 fully saturated rings. The molecule has 0 unspecified atom stereocenters. The Balaban J connectivity index is 2.64. The summed E-state index contributed by atoms with van der Waals surface area (Å²) >= 11 is 0. The number of nitrogens with zero attached hydrogens (tertiary/aromatic N) is 1. The van der Waals surface area contributed by atoms with Gasteiger partial charge in [-0.15, -0.1) is 0 Å². The quantitative estimate of drug-likeness (QED) is 0.677. The number of carbonyl (C=O) groups is 2. The number of nitrogens with two attached hydrogens (primary N) is 1. The summed E-state index contributed by atoms with van der Waals surface area (Å²) in [7, 11) is 0. The van der Waals surface area contributed by atoms with Crippen LogP contribution in [-0.2, 0) is 29.0 Å². The van der Waals surface area contributed by atoms with E-state index in [1.807, 2.05) is 58.9 Å². The first-order valence-electron chi connectivity index (χ1n) is 10.7. The monoisotopic (exact) mass is 425 g/mol. The molecule has 1 aromatic heterocycles. The summed E-state index contributed by atoms with van der Waals surface area (Å²) in [5.74, 6) is -0.0610. The predicted octanol–water partition coefficient (Wildman–Crippen LogP) is 4.62. The molecule has 3 N–H and O–H groups in total. The second-order valence-corrected chi connectivity index (χ2v) is 9.53. The highest BCUT2D eigenvalue weighted by Crippen LogP contribution is 2.33. The van der Waals surface area contributed by atoms with Gasteiger partial charge in [-0.25, -0.2) is 4.79 Å². The number of aryl methyl sites for hydroxylation is 2. The van der Waals surface area contributed by atoms with Gasteiger partial charge in [0, 0.05) is 22.5 Å². The number of ether oxygens (including phenoxy) is 1. The topological polar surface area (TPSA) is 94.3 Å². The molecule has 1 heterocycles. The highest BCUT2D eigenvalue weighted by Gasteiger charge is 2.23. The molecule has 0 aliphatic carbocycles. The molecule has 1 aromatic carbocycles. The van der Waals surface area contributed by atoms with Gasteiger partial charge in [-0.05, 0) is 63.6 Å². The van der Waals surface area contributed by atoms with Crippen LogP contribution in [0.1, 0.15) is 62.7 Å². The highest BCUT2D eigenvalue weighted by atomic mass is 16.5. The Morgan fingerprint density at radius 3 is 2.23 bits per heavy atom. The largest absolute Gasteiger partial charge is 0.445 e. The number of primary amides is 1. The molecule has 0 aliphatic heterocycles. The van der Waals surface area contributed by atoms with Crippen LogP contribution in [0.15, 0.2) is 24.3 Å². The molecule has 0 aliphatic rings. The maximum atomic E-state index is 12.4. The number of rotatable bonds is 7. The molecule has 0 saturated heterocycles. The third-order valence-electron chi connectivity index (χ3n) is 4.81. The van der Waals surface area contributed by atoms with Crippen LogP contribution in [0, 0.1) is 19.8 Å². The Hall–Kier alpha value is -2.89. The zero-order chi connectivity index (χ0) is 23.3. The summed E-state index contributed by atoms with van der Waals surface area (Å²) in [6, 6.07) is 8.09. The van der Waals surface area contributed by atoms with Crippen LogP contribution in [0.5, 0.6) is 0 Å².